The van der Waals surface area contributed by atoms with Gasteiger partial charge in [0.15, 0.2) is 0 Å². The van der Waals surface area contributed by atoms with E-state index in [1.165, 1.54) is 37.3 Å². The van der Waals surface area contributed by atoms with E-state index in [2.05, 4.69) is 10.6 Å². The lowest BCUT2D eigenvalue weighted by molar-refractivity contribution is -0.385. The minimum Gasteiger partial charge on any atom is -0.323 e. The number of anilines is 1. The summed E-state index contributed by atoms with van der Waals surface area (Å²) < 4.78 is 13.1. The van der Waals surface area contributed by atoms with Gasteiger partial charge >= 0.3 is 6.03 Å². The number of urea groups is 1. The molecule has 1 saturated heterocycles. The second-order valence-electron chi connectivity index (χ2n) is 6.43. The Bertz CT molecular complexity index is 1050. The SMILES string of the molecule is CC1(c2cccc([N+](=O)[O-])c2)NC(=O)N(CC(=O)Nc2ccc(F)cc2Cl)C1=O. The molecule has 1 fully saturated rings. The van der Waals surface area contributed by atoms with Crippen LogP contribution < -0.4 is 10.6 Å². The molecule has 11 heteroatoms. The highest BCUT2D eigenvalue weighted by molar-refractivity contribution is 6.33. The molecule has 0 aliphatic carbocycles. The molecule has 1 aliphatic rings. The zero-order valence-electron chi connectivity index (χ0n) is 14.9. The summed E-state index contributed by atoms with van der Waals surface area (Å²) >= 11 is 5.84. The van der Waals surface area contributed by atoms with E-state index in [1.54, 1.807) is 0 Å². The van der Waals surface area contributed by atoms with E-state index in [4.69, 9.17) is 11.6 Å². The summed E-state index contributed by atoms with van der Waals surface area (Å²) in [5.74, 6) is -2.07. The molecule has 2 aromatic rings. The molecule has 0 radical (unpaired) electrons. The van der Waals surface area contributed by atoms with E-state index >= 15 is 0 Å². The summed E-state index contributed by atoms with van der Waals surface area (Å²) in [4.78, 5) is 48.4. The van der Waals surface area contributed by atoms with E-state index in [-0.39, 0.29) is 22.0 Å². The fourth-order valence-corrected chi connectivity index (χ4v) is 3.11. The lowest BCUT2D eigenvalue weighted by Crippen LogP contribution is -2.42. The molecule has 150 valence electrons. The summed E-state index contributed by atoms with van der Waals surface area (Å²) in [5, 5.41) is 15.8. The third-order valence-corrected chi connectivity index (χ3v) is 4.73. The van der Waals surface area contributed by atoms with E-state index < -0.39 is 40.7 Å². The fourth-order valence-electron chi connectivity index (χ4n) is 2.89. The second kappa shape index (κ2) is 7.47. The number of nitrogens with one attached hydrogen (secondary N) is 2. The molecule has 0 saturated carbocycles. The van der Waals surface area contributed by atoms with Crippen molar-refractivity contribution in [2.24, 2.45) is 0 Å². The molecule has 3 rings (SSSR count). The maximum Gasteiger partial charge on any atom is 0.325 e. The zero-order chi connectivity index (χ0) is 21.3. The van der Waals surface area contributed by atoms with Crippen molar-refractivity contribution in [3.63, 3.8) is 0 Å². The lowest BCUT2D eigenvalue weighted by atomic mass is 9.91. The Morgan fingerprint density at radius 1 is 1.31 bits per heavy atom. The number of halogens is 2. The third-order valence-electron chi connectivity index (χ3n) is 4.42. The first kappa shape index (κ1) is 20.2. The molecular weight excluding hydrogens is 407 g/mol. The van der Waals surface area contributed by atoms with Crippen molar-refractivity contribution in [3.05, 3.63) is 69.0 Å². The highest BCUT2D eigenvalue weighted by atomic mass is 35.5. The van der Waals surface area contributed by atoms with Gasteiger partial charge in [-0.3, -0.25) is 24.6 Å². The molecule has 4 amide bonds. The normalized spacial score (nSPS) is 18.5. The maximum absolute atomic E-state index is 13.1. The van der Waals surface area contributed by atoms with Gasteiger partial charge < -0.3 is 10.6 Å². The maximum atomic E-state index is 13.1. The Hall–Kier alpha value is -3.53. The van der Waals surface area contributed by atoms with Gasteiger partial charge in [-0.05, 0) is 30.7 Å². The van der Waals surface area contributed by atoms with Crippen LogP contribution in [0.25, 0.3) is 0 Å². The Kier molecular flexibility index (Phi) is 5.21. The van der Waals surface area contributed by atoms with Crippen LogP contribution >= 0.6 is 11.6 Å². The van der Waals surface area contributed by atoms with Crippen molar-refractivity contribution in [3.8, 4) is 0 Å². The number of hydrogen-bond donors (Lipinski definition) is 2. The van der Waals surface area contributed by atoms with Crippen LogP contribution in [0.2, 0.25) is 5.02 Å². The van der Waals surface area contributed by atoms with Gasteiger partial charge in [0.2, 0.25) is 5.91 Å². The van der Waals surface area contributed by atoms with Gasteiger partial charge in [0.25, 0.3) is 11.6 Å². The smallest absolute Gasteiger partial charge is 0.323 e. The molecule has 1 heterocycles. The number of imide groups is 1. The van der Waals surface area contributed by atoms with Gasteiger partial charge in [-0.2, -0.15) is 0 Å². The summed E-state index contributed by atoms with van der Waals surface area (Å²) in [6.45, 7) is 0.768. The average molecular weight is 421 g/mol. The Labute approximate surface area is 168 Å². The average Bonchev–Trinajstić information content (AvgIpc) is 2.88. The van der Waals surface area contributed by atoms with E-state index in [0.29, 0.717) is 4.90 Å². The third kappa shape index (κ3) is 3.87. The number of non-ortho nitro benzene ring substituents is 1. The van der Waals surface area contributed by atoms with Crippen LogP contribution in [0.15, 0.2) is 42.5 Å². The zero-order valence-corrected chi connectivity index (χ0v) is 15.7. The minimum atomic E-state index is -1.57. The second-order valence-corrected chi connectivity index (χ2v) is 6.83. The van der Waals surface area contributed by atoms with E-state index in [0.717, 1.165) is 12.1 Å². The van der Waals surface area contributed by atoms with Crippen molar-refractivity contribution in [2.75, 3.05) is 11.9 Å². The first-order valence-electron chi connectivity index (χ1n) is 8.26. The number of benzene rings is 2. The van der Waals surface area contributed by atoms with E-state index in [9.17, 15) is 28.9 Å². The number of nitrogens with zero attached hydrogens (tertiary/aromatic N) is 2. The van der Waals surface area contributed by atoms with Crippen LogP contribution in [0.1, 0.15) is 12.5 Å². The largest absolute Gasteiger partial charge is 0.325 e. The Balaban J connectivity index is 1.79. The van der Waals surface area contributed by atoms with Gasteiger partial charge in [0.1, 0.15) is 17.9 Å². The first-order chi connectivity index (χ1) is 13.6. The number of amides is 4. The first-order valence-corrected chi connectivity index (χ1v) is 8.63. The number of rotatable bonds is 5. The van der Waals surface area contributed by atoms with Gasteiger partial charge in [-0.15, -0.1) is 0 Å². The van der Waals surface area contributed by atoms with Gasteiger partial charge in [0.05, 0.1) is 15.6 Å². The molecular formula is C18H14ClFN4O5. The lowest BCUT2D eigenvalue weighted by Gasteiger charge is -2.22. The molecule has 2 N–H and O–H groups in total. The summed E-state index contributed by atoms with van der Waals surface area (Å²) in [6, 6.07) is 7.81. The van der Waals surface area contributed by atoms with Crippen molar-refractivity contribution in [1.29, 1.82) is 0 Å². The number of carbonyl (C=O) groups is 3. The highest BCUT2D eigenvalue weighted by Gasteiger charge is 2.49. The summed E-state index contributed by atoms with van der Waals surface area (Å²) in [7, 11) is 0. The highest BCUT2D eigenvalue weighted by Crippen LogP contribution is 2.31. The molecule has 9 nitrogen and oxygen atoms in total. The summed E-state index contributed by atoms with van der Waals surface area (Å²) in [5.41, 5.74) is -1.49. The summed E-state index contributed by atoms with van der Waals surface area (Å²) in [6.07, 6.45) is 0. The monoisotopic (exact) mass is 420 g/mol. The van der Waals surface area contributed by atoms with Crippen LogP contribution in [0, 0.1) is 15.9 Å². The van der Waals surface area contributed by atoms with E-state index in [1.807, 2.05) is 0 Å². The number of carbonyl (C=O) groups excluding carboxylic acids is 3. The van der Waals surface area contributed by atoms with Crippen LogP contribution in [-0.2, 0) is 15.1 Å². The van der Waals surface area contributed by atoms with Crippen molar-refractivity contribution in [1.82, 2.24) is 10.2 Å². The molecule has 0 spiro atoms. The molecule has 1 atom stereocenters. The van der Waals surface area contributed by atoms with Crippen molar-refractivity contribution < 1.29 is 23.7 Å². The van der Waals surface area contributed by atoms with Crippen LogP contribution in [0.4, 0.5) is 20.6 Å². The molecule has 0 aromatic heterocycles. The predicted octanol–water partition coefficient (Wildman–Crippen LogP) is 2.79. The molecule has 1 unspecified atom stereocenters. The van der Waals surface area contributed by atoms with Crippen molar-refractivity contribution in [2.45, 2.75) is 12.5 Å². The standard InChI is InChI=1S/C18H14ClFN4O5/c1-18(10-3-2-4-12(7-10)24(28)29)16(26)23(17(27)22-18)9-15(25)21-14-6-5-11(20)8-13(14)19/h2-8H,9H2,1H3,(H,21,25)(H,22,27). The molecule has 29 heavy (non-hydrogen) atoms. The molecule has 1 aliphatic heterocycles. The van der Waals surface area contributed by atoms with Gasteiger partial charge in [-0.1, -0.05) is 23.7 Å². The van der Waals surface area contributed by atoms with Gasteiger partial charge in [-0.25, -0.2) is 9.18 Å². The van der Waals surface area contributed by atoms with Crippen LogP contribution in [0.5, 0.6) is 0 Å². The quantitative estimate of drug-likeness (QED) is 0.437. The molecule has 2 aromatic carbocycles. The van der Waals surface area contributed by atoms with Crippen LogP contribution in [-0.4, -0.2) is 34.2 Å². The fraction of sp³-hybridized carbons (Fsp3) is 0.167. The Morgan fingerprint density at radius 3 is 2.69 bits per heavy atom. The molecule has 0 bridgehead atoms. The van der Waals surface area contributed by atoms with Gasteiger partial charge in [0, 0.05) is 12.1 Å². The number of hydrogen-bond acceptors (Lipinski definition) is 5. The van der Waals surface area contributed by atoms with Crippen molar-refractivity contribution >= 4 is 40.8 Å². The topological polar surface area (TPSA) is 122 Å². The Morgan fingerprint density at radius 2 is 2.03 bits per heavy atom. The number of nitro groups is 1. The predicted molar refractivity (Wildman–Crippen MR) is 101 cm³/mol. The van der Waals surface area contributed by atoms with Crippen LogP contribution in [0.3, 0.4) is 0 Å². The minimum absolute atomic E-state index is 0.0445. The number of nitro benzene ring substituents is 1.